The first kappa shape index (κ1) is 12.1. The fourth-order valence-electron chi connectivity index (χ4n) is 2.73. The monoisotopic (exact) mass is 228 g/mol. The second kappa shape index (κ2) is 4.50. The van der Waals surface area contributed by atoms with Crippen LogP contribution in [0.5, 0.6) is 0 Å². The molecule has 2 rings (SSSR count). The lowest BCUT2D eigenvalue weighted by Gasteiger charge is -2.34. The van der Waals surface area contributed by atoms with Gasteiger partial charge in [0.15, 0.2) is 0 Å². The van der Waals surface area contributed by atoms with Crippen molar-refractivity contribution in [2.75, 3.05) is 0 Å². The molecule has 0 atom stereocenters. The van der Waals surface area contributed by atoms with Crippen molar-refractivity contribution >= 4 is 0 Å². The molecule has 0 bridgehead atoms. The molecule has 2 nitrogen and oxygen atoms in total. The summed E-state index contributed by atoms with van der Waals surface area (Å²) in [5, 5.41) is 9.16. The smallest absolute Gasteiger partial charge is 0.0994 e. The Morgan fingerprint density at radius 1 is 1.18 bits per heavy atom. The van der Waals surface area contributed by atoms with E-state index in [9.17, 15) is 0 Å². The molecule has 17 heavy (non-hydrogen) atoms. The zero-order valence-electron chi connectivity index (χ0n) is 10.7. The Bertz CT molecular complexity index is 463. The number of benzene rings is 1. The summed E-state index contributed by atoms with van der Waals surface area (Å²) in [6.45, 7) is 4.06. The number of nitriles is 1. The Balaban J connectivity index is 2.45. The molecule has 1 aliphatic rings. The summed E-state index contributed by atoms with van der Waals surface area (Å²) in [6.07, 6.45) is 5.77. The third-order valence-electron chi connectivity index (χ3n) is 4.11. The minimum atomic E-state index is -0.206. The number of hydrogen-bond donors (Lipinski definition) is 1. The van der Waals surface area contributed by atoms with Gasteiger partial charge < -0.3 is 5.73 Å². The molecule has 0 spiro atoms. The fourth-order valence-corrected chi connectivity index (χ4v) is 2.73. The molecule has 0 aromatic heterocycles. The molecule has 0 unspecified atom stereocenters. The van der Waals surface area contributed by atoms with Crippen LogP contribution in [0.3, 0.4) is 0 Å². The molecule has 2 N–H and O–H groups in total. The Labute approximate surface area is 103 Å². The highest BCUT2D eigenvalue weighted by Crippen LogP contribution is 2.36. The summed E-state index contributed by atoms with van der Waals surface area (Å²) in [7, 11) is 0. The molecule has 0 heterocycles. The molecule has 0 saturated heterocycles. The Kier molecular flexibility index (Phi) is 3.22. The Morgan fingerprint density at radius 3 is 2.41 bits per heavy atom. The summed E-state index contributed by atoms with van der Waals surface area (Å²) in [6, 6.07) is 6.44. The van der Waals surface area contributed by atoms with E-state index >= 15 is 0 Å². The number of rotatable bonds is 1. The van der Waals surface area contributed by atoms with E-state index in [1.807, 2.05) is 13.0 Å². The van der Waals surface area contributed by atoms with Gasteiger partial charge in [-0.2, -0.15) is 5.26 Å². The molecular formula is C15H20N2. The van der Waals surface area contributed by atoms with Gasteiger partial charge in [-0.15, -0.1) is 0 Å². The molecular weight excluding hydrogens is 208 g/mol. The standard InChI is InChI=1S/C15H20N2/c1-11-8-14(9-13(10-16)12(11)2)15(17)6-4-3-5-7-15/h8-9H,3-7,17H2,1-2H3. The van der Waals surface area contributed by atoms with E-state index in [2.05, 4.69) is 19.1 Å². The van der Waals surface area contributed by atoms with E-state index in [0.29, 0.717) is 0 Å². The molecule has 0 amide bonds. The quantitative estimate of drug-likeness (QED) is 0.801. The highest BCUT2D eigenvalue weighted by atomic mass is 14.7. The van der Waals surface area contributed by atoms with E-state index in [4.69, 9.17) is 11.0 Å². The summed E-state index contributed by atoms with van der Waals surface area (Å²) >= 11 is 0. The zero-order valence-corrected chi connectivity index (χ0v) is 10.7. The molecule has 2 heteroatoms. The maximum atomic E-state index is 9.16. The lowest BCUT2D eigenvalue weighted by molar-refractivity contribution is 0.302. The van der Waals surface area contributed by atoms with Crippen molar-refractivity contribution in [3.8, 4) is 6.07 Å². The van der Waals surface area contributed by atoms with Crippen molar-refractivity contribution in [3.05, 3.63) is 34.4 Å². The van der Waals surface area contributed by atoms with Gasteiger partial charge in [-0.3, -0.25) is 0 Å². The van der Waals surface area contributed by atoms with Crippen LogP contribution in [0.1, 0.15) is 54.4 Å². The minimum Gasteiger partial charge on any atom is -0.321 e. The maximum Gasteiger partial charge on any atom is 0.0994 e. The van der Waals surface area contributed by atoms with Gasteiger partial charge in [-0.1, -0.05) is 25.3 Å². The van der Waals surface area contributed by atoms with Crippen LogP contribution < -0.4 is 5.73 Å². The van der Waals surface area contributed by atoms with Crippen molar-refractivity contribution in [2.24, 2.45) is 5.73 Å². The summed E-state index contributed by atoms with van der Waals surface area (Å²) in [4.78, 5) is 0. The average molecular weight is 228 g/mol. The summed E-state index contributed by atoms with van der Waals surface area (Å²) in [5.74, 6) is 0. The summed E-state index contributed by atoms with van der Waals surface area (Å²) in [5.41, 5.74) is 10.5. The van der Waals surface area contributed by atoms with E-state index in [1.54, 1.807) is 0 Å². The van der Waals surface area contributed by atoms with Crippen LogP contribution in [0.25, 0.3) is 0 Å². The van der Waals surface area contributed by atoms with Gasteiger partial charge in [0.2, 0.25) is 0 Å². The van der Waals surface area contributed by atoms with E-state index in [-0.39, 0.29) is 5.54 Å². The Hall–Kier alpha value is -1.33. The molecule has 0 radical (unpaired) electrons. The van der Waals surface area contributed by atoms with E-state index in [1.165, 1.54) is 24.8 Å². The SMILES string of the molecule is Cc1cc(C2(N)CCCCC2)cc(C#N)c1C. The van der Waals surface area contributed by atoms with Gasteiger partial charge in [0.05, 0.1) is 11.6 Å². The highest BCUT2D eigenvalue weighted by Gasteiger charge is 2.30. The minimum absolute atomic E-state index is 0.206. The van der Waals surface area contributed by atoms with Gasteiger partial charge in [-0.05, 0) is 49.4 Å². The van der Waals surface area contributed by atoms with E-state index < -0.39 is 0 Å². The van der Waals surface area contributed by atoms with Gasteiger partial charge in [0, 0.05) is 5.54 Å². The van der Waals surface area contributed by atoms with Crippen molar-refractivity contribution in [3.63, 3.8) is 0 Å². The van der Waals surface area contributed by atoms with E-state index in [0.717, 1.165) is 29.5 Å². The van der Waals surface area contributed by atoms with Gasteiger partial charge in [0.25, 0.3) is 0 Å². The lowest BCUT2D eigenvalue weighted by atomic mass is 9.76. The Morgan fingerprint density at radius 2 is 1.82 bits per heavy atom. The predicted octanol–water partition coefficient (Wildman–Crippen LogP) is 3.29. The predicted molar refractivity (Wildman–Crippen MR) is 69.6 cm³/mol. The number of nitrogens with zero attached hydrogens (tertiary/aromatic N) is 1. The van der Waals surface area contributed by atoms with Crippen LogP contribution in [0.2, 0.25) is 0 Å². The summed E-state index contributed by atoms with van der Waals surface area (Å²) < 4.78 is 0. The maximum absolute atomic E-state index is 9.16. The van der Waals surface area contributed by atoms with Crippen LogP contribution in [0, 0.1) is 25.2 Å². The zero-order chi connectivity index (χ0) is 12.5. The number of hydrogen-bond acceptors (Lipinski definition) is 2. The molecule has 1 saturated carbocycles. The van der Waals surface area contributed by atoms with Crippen LogP contribution >= 0.6 is 0 Å². The van der Waals surface area contributed by atoms with Crippen molar-refractivity contribution in [2.45, 2.75) is 51.5 Å². The molecule has 1 aromatic carbocycles. The molecule has 0 aliphatic heterocycles. The van der Waals surface area contributed by atoms with Crippen LogP contribution in [0.15, 0.2) is 12.1 Å². The van der Waals surface area contributed by atoms with Crippen molar-refractivity contribution in [1.29, 1.82) is 5.26 Å². The van der Waals surface area contributed by atoms with Gasteiger partial charge >= 0.3 is 0 Å². The van der Waals surface area contributed by atoms with Crippen LogP contribution in [0.4, 0.5) is 0 Å². The average Bonchev–Trinajstić information content (AvgIpc) is 2.33. The fraction of sp³-hybridized carbons (Fsp3) is 0.533. The van der Waals surface area contributed by atoms with Crippen LogP contribution in [-0.2, 0) is 5.54 Å². The first-order valence-electron chi connectivity index (χ1n) is 6.37. The number of aryl methyl sites for hydroxylation is 1. The largest absolute Gasteiger partial charge is 0.321 e. The normalized spacial score (nSPS) is 18.7. The molecule has 90 valence electrons. The molecule has 1 fully saturated rings. The third kappa shape index (κ3) is 2.21. The first-order chi connectivity index (χ1) is 8.07. The first-order valence-corrected chi connectivity index (χ1v) is 6.37. The third-order valence-corrected chi connectivity index (χ3v) is 4.11. The van der Waals surface area contributed by atoms with Crippen molar-refractivity contribution < 1.29 is 0 Å². The number of nitrogens with two attached hydrogens (primary N) is 1. The molecule has 1 aliphatic carbocycles. The topological polar surface area (TPSA) is 49.8 Å². The second-order valence-corrected chi connectivity index (χ2v) is 5.29. The lowest BCUT2D eigenvalue weighted by Crippen LogP contribution is -2.38. The van der Waals surface area contributed by atoms with Gasteiger partial charge in [-0.25, -0.2) is 0 Å². The highest BCUT2D eigenvalue weighted by molar-refractivity contribution is 5.46. The van der Waals surface area contributed by atoms with Crippen molar-refractivity contribution in [1.82, 2.24) is 0 Å². The van der Waals surface area contributed by atoms with Crippen LogP contribution in [-0.4, -0.2) is 0 Å². The van der Waals surface area contributed by atoms with Gasteiger partial charge in [0.1, 0.15) is 0 Å². The molecule has 1 aromatic rings. The second-order valence-electron chi connectivity index (χ2n) is 5.29.